The molecular formula is C102H167N17O21. The Morgan fingerprint density at radius 2 is 0.843 bits per heavy atom. The van der Waals surface area contributed by atoms with Crippen LogP contribution in [0.15, 0.2) is 68.8 Å². The smallest absolute Gasteiger partial charge is 0.336 e. The van der Waals surface area contributed by atoms with E-state index in [1.165, 1.54) is 229 Å². The van der Waals surface area contributed by atoms with Crippen molar-refractivity contribution in [1.82, 2.24) is 63.8 Å². The van der Waals surface area contributed by atoms with Gasteiger partial charge >= 0.3 is 17.9 Å². The third-order valence-electron chi connectivity index (χ3n) is 23.4. The summed E-state index contributed by atoms with van der Waals surface area (Å²) in [7, 11) is 0. The molecule has 0 saturated carbocycles. The third kappa shape index (κ3) is 57.7. The summed E-state index contributed by atoms with van der Waals surface area (Å²) in [5.74, 6) is -12.2. The summed E-state index contributed by atoms with van der Waals surface area (Å²) in [4.78, 5) is 208. The lowest BCUT2D eigenvalue weighted by atomic mass is 9.90. The molecule has 786 valence electrons. The number of phenols is 1. The second-order valence-corrected chi connectivity index (χ2v) is 36.0. The molecule has 38 heteroatoms. The van der Waals surface area contributed by atoms with Gasteiger partial charge in [-0.2, -0.15) is 0 Å². The normalized spacial score (nSPS) is 12.4. The number of nitrogens with zero attached hydrogens (tertiary/aromatic N) is 1. The molecule has 1 heterocycles. The monoisotopic (exact) mass is 1970 g/mol. The van der Waals surface area contributed by atoms with Crippen molar-refractivity contribution < 1.29 is 96.8 Å². The van der Waals surface area contributed by atoms with Crippen molar-refractivity contribution in [1.29, 1.82) is 0 Å². The van der Waals surface area contributed by atoms with Gasteiger partial charge in [0.1, 0.15) is 59.9 Å². The van der Waals surface area contributed by atoms with E-state index < -0.39 is 138 Å². The molecule has 0 aromatic heterocycles. The molecule has 4 rings (SSSR count). The molecule has 0 spiro atoms. The van der Waals surface area contributed by atoms with E-state index in [0.717, 1.165) is 58.2 Å². The number of phenolic OH excluding ortho intramolecular Hbond substituents is 1. The zero-order valence-corrected chi connectivity index (χ0v) is 84.2. The lowest BCUT2D eigenvalue weighted by molar-refractivity contribution is -0.141. The van der Waals surface area contributed by atoms with E-state index >= 15 is 0 Å². The molecule has 0 bridgehead atoms. The third-order valence-corrected chi connectivity index (χ3v) is 23.4. The fourth-order valence-electron chi connectivity index (χ4n) is 15.7. The van der Waals surface area contributed by atoms with Crippen molar-refractivity contribution in [2.24, 2.45) is 27.9 Å². The Balaban J connectivity index is 0.00000117. The first-order chi connectivity index (χ1) is 67.1. The van der Waals surface area contributed by atoms with E-state index in [1.54, 1.807) is 0 Å². The van der Waals surface area contributed by atoms with Gasteiger partial charge in [-0.05, 0) is 178 Å². The molecule has 12 amide bonds. The maximum absolute atomic E-state index is 14.0. The summed E-state index contributed by atoms with van der Waals surface area (Å²) in [6, 6.07) is 4.27. The Bertz CT molecular complexity index is 4450. The molecule has 2 aliphatic rings. The van der Waals surface area contributed by atoms with Crippen LogP contribution < -0.4 is 92.2 Å². The van der Waals surface area contributed by atoms with Crippen LogP contribution in [-0.2, 0) is 62.3 Å². The molecule has 24 N–H and O–H groups in total. The molecule has 1 aliphatic carbocycles. The average Bonchev–Trinajstić information content (AvgIpc) is 0.745. The number of carbonyl (C=O) groups excluding carboxylic acids is 12. The topological polar surface area (TPSA) is 628 Å². The van der Waals surface area contributed by atoms with Gasteiger partial charge in [-0.25, -0.2) is 4.79 Å². The summed E-state index contributed by atoms with van der Waals surface area (Å²) in [5.41, 5.74) is 21.7. The summed E-state index contributed by atoms with van der Waals surface area (Å²) >= 11 is 0. The number of fused-ring (bicyclic) bond motifs is 2. The Morgan fingerprint density at radius 3 is 1.34 bits per heavy atom. The number of guanidine groups is 1. The quantitative estimate of drug-likeness (QED) is 0.00845. The number of aromatic carboxylic acids is 1. The molecule has 2 aromatic rings. The number of hydrogen-bond acceptors (Lipinski definition) is 21. The highest BCUT2D eigenvalue weighted by molar-refractivity contribution is 6.09. The molecule has 2 aromatic carbocycles. The van der Waals surface area contributed by atoms with Gasteiger partial charge in [0.2, 0.25) is 65.0 Å². The van der Waals surface area contributed by atoms with Gasteiger partial charge in [0.15, 0.2) is 11.4 Å². The Kier molecular flexibility index (Phi) is 67.5. The number of aliphatic carboxylic acids is 2. The van der Waals surface area contributed by atoms with Gasteiger partial charge in [-0.1, -0.05) is 187 Å². The molecule has 0 saturated heterocycles. The van der Waals surface area contributed by atoms with E-state index in [1.807, 2.05) is 0 Å². The van der Waals surface area contributed by atoms with Crippen LogP contribution in [-0.4, -0.2) is 210 Å². The number of nitrogens with one attached hydrogen (secondary N) is 12. The number of aliphatic imine (C=N–C) groups is 1. The van der Waals surface area contributed by atoms with Crippen molar-refractivity contribution >= 4 is 106 Å². The Labute approximate surface area is 826 Å². The van der Waals surface area contributed by atoms with Crippen LogP contribution in [0.5, 0.6) is 5.75 Å². The highest BCUT2D eigenvalue weighted by atomic mass is 16.4. The number of nitrogens with two attached hydrogens (primary N) is 4. The van der Waals surface area contributed by atoms with Crippen LogP contribution in [0.2, 0.25) is 0 Å². The van der Waals surface area contributed by atoms with Crippen LogP contribution >= 0.6 is 0 Å². The van der Waals surface area contributed by atoms with E-state index in [0.29, 0.717) is 48.7 Å². The molecule has 0 radical (unpaired) electrons. The SMILES string of the molecule is CC(=O)N[C@@H](CCCN=C(N)N)C(=O)NCC(=O)N[C@@H](CC(=O)O)C(=O)N[C@@H](CCCCNC(=O)c1ccc(-c2c3ccc(=O)cc-3oc3cc(O)ccc23)c(C(=O)O)c1)C(=O)NCCCC[C@H](NC(=O)[C@@H](C)NC(=O)[C@@H](CCCCN)NC(C)=O)C(=O)NCC(=O)O.CCCCCCCCCCCCCCCC(=O)NCCCC[C@H](C)NC(=O)CCCCCCCCCCCCCCC.CCCCN. The van der Waals surface area contributed by atoms with E-state index in [2.05, 4.69) is 96.5 Å². The van der Waals surface area contributed by atoms with Crippen LogP contribution in [0.3, 0.4) is 0 Å². The van der Waals surface area contributed by atoms with Crippen molar-refractivity contribution in [3.8, 4) is 28.2 Å². The molecule has 1 aliphatic heterocycles. The summed E-state index contributed by atoms with van der Waals surface area (Å²) in [5, 5.41) is 70.7. The van der Waals surface area contributed by atoms with Crippen LogP contribution in [0.4, 0.5) is 0 Å². The highest BCUT2D eigenvalue weighted by Gasteiger charge is 2.32. The van der Waals surface area contributed by atoms with Crippen molar-refractivity contribution in [3.05, 3.63) is 75.9 Å². The number of hydrogen-bond donors (Lipinski definition) is 20. The fraction of sp³-hybridized carbons (Fsp3) is 0.657. The van der Waals surface area contributed by atoms with Crippen LogP contribution in [0.1, 0.15) is 358 Å². The lowest BCUT2D eigenvalue weighted by Gasteiger charge is -2.24. The largest absolute Gasteiger partial charge is 0.508 e. The number of carboxylic acid groups (broad SMARTS) is 3. The van der Waals surface area contributed by atoms with Gasteiger partial charge in [-0.3, -0.25) is 76.9 Å². The van der Waals surface area contributed by atoms with Gasteiger partial charge in [0.05, 0.1) is 18.5 Å². The van der Waals surface area contributed by atoms with E-state index in [9.17, 15) is 97.1 Å². The maximum atomic E-state index is 14.0. The van der Waals surface area contributed by atoms with Crippen molar-refractivity contribution in [2.45, 2.75) is 380 Å². The zero-order chi connectivity index (χ0) is 104. The molecule has 140 heavy (non-hydrogen) atoms. The first-order valence-corrected chi connectivity index (χ1v) is 51.0. The number of carboxylic acids is 3. The standard InChI is InChI=1S/C60H80N14O19.C38H76N2O2.C4H11N/c1-31(69-57(89)44(71-33(3)76)11-4-7-21-61)52(84)73-43(56(88)68-30-50(82)83)13-6-9-23-65-54(86)42(74-58(90)45(28-49(80)81)72-48(79)29-67-55(87)41(70-32(2)75)14-10-24-66-60(62)63)12-5-8-22-64-53(85)34-15-18-37(40(25-34)59(91)92)51-38-19-16-35(77)26-46(38)93-47-27-36(78)17-20-39(47)51;1-4-6-8-10-12-14-16-18-20-22-24-26-28-33-37(41)39-35-31-30-32-36(3)40-38(42)34-29-27-25-23-21-19-17-15-13-11-9-7-5-2;1-2-3-4-5/h15-20,25-27,31,41-45,77H,4-14,21-24,28-30,61H2,1-3H3,(H,64,85)(H,65,86)(H,67,87)(H,68,88)(H,69,89)(H,70,75)(H,71,76)(H,72,79)(H,73,84)(H,74,90)(H,80,81)(H,82,83)(H,91,92)(H4,62,63,66);36H,4-35H2,1-3H3,(H,39,41)(H,40,42);2-5H2,1H3/t31-,41+,42+,43+,44-,45+;36-;/m10./s1. The minimum atomic E-state index is -1.84. The van der Waals surface area contributed by atoms with Gasteiger partial charge in [-0.15, -0.1) is 0 Å². The molecule has 38 nitrogen and oxygen atoms in total. The van der Waals surface area contributed by atoms with Gasteiger partial charge < -0.3 is 112 Å². The van der Waals surface area contributed by atoms with E-state index in [4.69, 9.17) is 27.4 Å². The molecule has 7 atom stereocenters. The summed E-state index contributed by atoms with van der Waals surface area (Å²) in [6.07, 6.45) is 42.0. The number of carbonyl (C=O) groups is 15. The van der Waals surface area contributed by atoms with Gasteiger partial charge in [0, 0.05) is 93.1 Å². The summed E-state index contributed by atoms with van der Waals surface area (Å²) in [6.45, 7) is 12.7. The van der Waals surface area contributed by atoms with Crippen LogP contribution in [0, 0.1) is 0 Å². The van der Waals surface area contributed by atoms with Crippen molar-refractivity contribution in [3.63, 3.8) is 0 Å². The molecule has 0 fully saturated rings. The lowest BCUT2D eigenvalue weighted by Crippen LogP contribution is -2.56. The Morgan fingerprint density at radius 1 is 0.393 bits per heavy atom. The molecule has 0 unspecified atom stereocenters. The molecular weight excluding hydrogens is 1800 g/mol. The maximum Gasteiger partial charge on any atom is 0.336 e. The Hall–Kier alpha value is -11.8. The van der Waals surface area contributed by atoms with Crippen LogP contribution in [0.25, 0.3) is 33.4 Å². The first-order valence-electron chi connectivity index (χ1n) is 51.0. The second-order valence-electron chi connectivity index (χ2n) is 36.0. The minimum Gasteiger partial charge on any atom is -0.508 e. The first kappa shape index (κ1) is 124. The number of aromatic hydroxyl groups is 1. The number of amides is 12. The predicted octanol–water partition coefficient (Wildman–Crippen LogP) is 10.6. The number of rotatable bonds is 75. The minimum absolute atomic E-state index is 0.0436. The van der Waals surface area contributed by atoms with E-state index in [-0.39, 0.29) is 135 Å². The van der Waals surface area contributed by atoms with Crippen molar-refractivity contribution in [2.75, 3.05) is 52.4 Å². The fourth-order valence-corrected chi connectivity index (χ4v) is 15.7. The summed E-state index contributed by atoms with van der Waals surface area (Å²) < 4.78 is 5.89. The highest BCUT2D eigenvalue weighted by Crippen LogP contribution is 2.42. The predicted molar refractivity (Wildman–Crippen MR) is 543 cm³/mol. The number of unbranched alkanes of at least 4 members (excludes halogenated alkanes) is 29. The second kappa shape index (κ2) is 76.0. The average molecular weight is 1970 g/mol. The van der Waals surface area contributed by atoms with Gasteiger partial charge in [0.25, 0.3) is 5.91 Å². The number of benzene rings is 3. The zero-order valence-electron chi connectivity index (χ0n) is 84.2.